The zero-order valence-corrected chi connectivity index (χ0v) is 14.8. The van der Waals surface area contributed by atoms with E-state index in [2.05, 4.69) is 84.5 Å². The zero-order chi connectivity index (χ0) is 17.0. The van der Waals surface area contributed by atoms with Crippen LogP contribution in [-0.2, 0) is 6.42 Å². The molecule has 0 aliphatic heterocycles. The molecule has 2 aromatic carbocycles. The summed E-state index contributed by atoms with van der Waals surface area (Å²) in [7, 11) is 0. The first-order valence-electron chi connectivity index (χ1n) is 8.92. The number of aryl methyl sites for hydroxylation is 1. The largest absolute Gasteiger partial charge is 0.349 e. The second-order valence-corrected chi connectivity index (χ2v) is 5.95. The Morgan fingerprint density at radius 3 is 1.83 bits per heavy atom. The van der Waals surface area contributed by atoms with Gasteiger partial charge in [-0.2, -0.15) is 0 Å². The van der Waals surface area contributed by atoms with Crippen LogP contribution in [0.5, 0.6) is 0 Å². The number of nitrogens with zero attached hydrogens (tertiary/aromatic N) is 1. The van der Waals surface area contributed by atoms with E-state index in [1.807, 2.05) is 6.20 Å². The molecule has 0 aliphatic rings. The van der Waals surface area contributed by atoms with Crippen molar-refractivity contribution in [3.8, 4) is 0 Å². The molecule has 1 heterocycles. The van der Waals surface area contributed by atoms with Gasteiger partial charge >= 0.3 is 0 Å². The van der Waals surface area contributed by atoms with E-state index < -0.39 is 0 Å². The summed E-state index contributed by atoms with van der Waals surface area (Å²) in [5.41, 5.74) is 4.07. The van der Waals surface area contributed by atoms with Gasteiger partial charge in [-0.3, -0.25) is 0 Å². The maximum absolute atomic E-state index is 3.84. The predicted molar refractivity (Wildman–Crippen MR) is 106 cm³/mol. The highest BCUT2D eigenvalue weighted by Crippen LogP contribution is 2.03. The van der Waals surface area contributed by atoms with Gasteiger partial charge in [0.15, 0.2) is 0 Å². The van der Waals surface area contributed by atoms with Crippen molar-refractivity contribution in [2.45, 2.75) is 39.4 Å². The summed E-state index contributed by atoms with van der Waals surface area (Å²) < 4.78 is 0. The van der Waals surface area contributed by atoms with E-state index in [9.17, 15) is 0 Å². The van der Waals surface area contributed by atoms with Gasteiger partial charge in [0.1, 0.15) is 0 Å². The average molecular weight is 318 g/mol. The number of H-pyrrole nitrogens is 1. The first kappa shape index (κ1) is 18.1. The van der Waals surface area contributed by atoms with E-state index in [-0.39, 0.29) is 0 Å². The summed E-state index contributed by atoms with van der Waals surface area (Å²) in [4.78, 5) is 6.81. The van der Waals surface area contributed by atoms with Gasteiger partial charge in [0, 0.05) is 11.9 Å². The molecule has 0 saturated heterocycles. The Kier molecular flexibility index (Phi) is 7.89. The third kappa shape index (κ3) is 5.73. The Morgan fingerprint density at radius 2 is 1.46 bits per heavy atom. The minimum Gasteiger partial charge on any atom is -0.349 e. The Labute approximate surface area is 146 Å². The fourth-order valence-electron chi connectivity index (χ4n) is 2.78. The Bertz CT molecular complexity index is 611. The minimum absolute atomic E-state index is 0.553. The van der Waals surface area contributed by atoms with Crippen molar-refractivity contribution < 1.29 is 0 Å². The smallest absolute Gasteiger partial charge is 0.209 e. The molecule has 0 saturated carbocycles. The number of imidazole rings is 1. The lowest BCUT2D eigenvalue weighted by atomic mass is 9.38. The normalized spacial score (nSPS) is 9.92. The van der Waals surface area contributed by atoms with Crippen LogP contribution in [0.3, 0.4) is 0 Å². The molecule has 124 valence electrons. The molecule has 0 aliphatic carbocycles. The monoisotopic (exact) mass is 318 g/mol. The number of hydrogen-bond acceptors (Lipinski definition) is 1. The van der Waals surface area contributed by atoms with Crippen LogP contribution in [0, 0.1) is 0 Å². The molecule has 1 aromatic heterocycles. The first-order chi connectivity index (χ1) is 11.8. The summed E-state index contributed by atoms with van der Waals surface area (Å²) in [6.45, 7) is 4.90. The molecule has 3 heteroatoms. The molecule has 3 aromatic rings. The van der Waals surface area contributed by atoms with Crippen LogP contribution < -0.4 is 10.9 Å². The highest BCUT2D eigenvalue weighted by Gasteiger charge is 2.17. The number of aromatic amines is 1. The lowest BCUT2D eigenvalue weighted by Crippen LogP contribution is -2.41. The number of aromatic nitrogens is 2. The van der Waals surface area contributed by atoms with Gasteiger partial charge in [0.25, 0.3) is 0 Å². The number of hydrogen-bond donors (Lipinski definition) is 1. The molecular formula is C21H27BN2. The number of unbranched alkanes of at least 4 members (excludes halogenated alkanes) is 1. The molecule has 2 nitrogen and oxygen atoms in total. The van der Waals surface area contributed by atoms with Crippen LogP contribution >= 0.6 is 0 Å². The molecule has 0 radical (unpaired) electrons. The third-order valence-electron chi connectivity index (χ3n) is 4.19. The van der Waals surface area contributed by atoms with Crippen LogP contribution in [0.2, 0.25) is 6.32 Å². The lowest BCUT2D eigenvalue weighted by Gasteiger charge is -2.14. The summed E-state index contributed by atoms with van der Waals surface area (Å²) in [5.74, 6) is 0. The van der Waals surface area contributed by atoms with Crippen molar-refractivity contribution in [2.75, 3.05) is 0 Å². The van der Waals surface area contributed by atoms with E-state index >= 15 is 0 Å². The third-order valence-corrected chi connectivity index (χ3v) is 4.19. The van der Waals surface area contributed by atoms with Gasteiger partial charge in [0.2, 0.25) is 6.71 Å². The summed E-state index contributed by atoms with van der Waals surface area (Å²) in [6, 6.07) is 21.7. The van der Waals surface area contributed by atoms with Crippen LogP contribution in [0.15, 0.2) is 73.2 Å². The maximum atomic E-state index is 3.84. The van der Waals surface area contributed by atoms with Crippen LogP contribution in [-0.4, -0.2) is 16.7 Å². The molecule has 24 heavy (non-hydrogen) atoms. The fourth-order valence-corrected chi connectivity index (χ4v) is 2.78. The standard InChI is InChI=1S/C16H19B.C5H8N2/c1-2-3-14-17(15-10-6-4-7-11-15)16-12-8-5-9-13-16;1-2-5-3-6-4-7-5/h4-13H,2-3,14H2,1H3;3-4H,2H2,1H3,(H,6,7). The van der Waals surface area contributed by atoms with Crippen molar-refractivity contribution in [1.82, 2.24) is 9.97 Å². The van der Waals surface area contributed by atoms with Crippen molar-refractivity contribution in [2.24, 2.45) is 0 Å². The summed E-state index contributed by atoms with van der Waals surface area (Å²) >= 11 is 0. The molecule has 3 rings (SSSR count). The average Bonchev–Trinajstić information content (AvgIpc) is 3.18. The van der Waals surface area contributed by atoms with Crippen molar-refractivity contribution >= 4 is 17.6 Å². The van der Waals surface area contributed by atoms with Crippen LogP contribution in [0.4, 0.5) is 0 Å². The minimum atomic E-state index is 0.553. The lowest BCUT2D eigenvalue weighted by molar-refractivity contribution is 0.878. The van der Waals surface area contributed by atoms with E-state index in [4.69, 9.17) is 0 Å². The Morgan fingerprint density at radius 1 is 0.875 bits per heavy atom. The second kappa shape index (κ2) is 10.5. The van der Waals surface area contributed by atoms with Gasteiger partial charge in [-0.1, -0.05) is 105 Å². The van der Waals surface area contributed by atoms with Gasteiger partial charge in [-0.05, 0) is 6.42 Å². The van der Waals surface area contributed by atoms with Crippen LogP contribution in [0.25, 0.3) is 0 Å². The molecule has 0 spiro atoms. The molecule has 0 bridgehead atoms. The first-order valence-corrected chi connectivity index (χ1v) is 8.92. The quantitative estimate of drug-likeness (QED) is 0.682. The molecule has 0 unspecified atom stereocenters. The van der Waals surface area contributed by atoms with Crippen LogP contribution in [0.1, 0.15) is 32.4 Å². The summed E-state index contributed by atoms with van der Waals surface area (Å²) in [6.07, 6.45) is 8.36. The highest BCUT2D eigenvalue weighted by atomic mass is 14.8. The van der Waals surface area contributed by atoms with Gasteiger partial charge in [0.05, 0.1) is 6.33 Å². The number of nitrogens with one attached hydrogen (secondary N) is 1. The van der Waals surface area contributed by atoms with Crippen molar-refractivity contribution in [3.05, 3.63) is 78.9 Å². The molecule has 0 amide bonds. The number of benzene rings is 2. The topological polar surface area (TPSA) is 28.7 Å². The molecule has 1 N–H and O–H groups in total. The SMILES string of the molecule is CCCCB(c1ccccc1)c1ccccc1.CCc1cnc[nH]1. The van der Waals surface area contributed by atoms with Crippen molar-refractivity contribution in [3.63, 3.8) is 0 Å². The van der Waals surface area contributed by atoms with Gasteiger partial charge in [-0.25, -0.2) is 4.98 Å². The van der Waals surface area contributed by atoms with Gasteiger partial charge in [-0.15, -0.1) is 0 Å². The maximum Gasteiger partial charge on any atom is 0.209 e. The van der Waals surface area contributed by atoms with Crippen molar-refractivity contribution in [1.29, 1.82) is 0 Å². The zero-order valence-electron chi connectivity index (χ0n) is 14.8. The molecular weight excluding hydrogens is 291 g/mol. The van der Waals surface area contributed by atoms with E-state index in [0.717, 1.165) is 6.42 Å². The second-order valence-electron chi connectivity index (χ2n) is 5.95. The highest BCUT2D eigenvalue weighted by molar-refractivity contribution is 6.85. The van der Waals surface area contributed by atoms with E-state index in [0.29, 0.717) is 6.71 Å². The molecule has 0 atom stereocenters. The van der Waals surface area contributed by atoms with E-state index in [1.54, 1.807) is 6.33 Å². The molecule has 0 fully saturated rings. The Hall–Kier alpha value is -2.29. The summed E-state index contributed by atoms with van der Waals surface area (Å²) in [5, 5.41) is 0. The Balaban J connectivity index is 0.000000249. The fraction of sp³-hybridized carbons (Fsp3) is 0.286. The van der Waals surface area contributed by atoms with E-state index in [1.165, 1.54) is 35.8 Å². The number of rotatable bonds is 6. The van der Waals surface area contributed by atoms with Gasteiger partial charge < -0.3 is 4.98 Å². The predicted octanol–water partition coefficient (Wildman–Crippen LogP) is 4.07.